The Bertz CT molecular complexity index is 144. The average Bonchev–Trinajstić information content (AvgIpc) is 1.59. The van der Waals surface area contributed by atoms with E-state index in [1.54, 1.807) is 34.1 Å². The van der Waals surface area contributed by atoms with Gasteiger partial charge in [-0.25, -0.2) is 4.79 Å². The molecule has 0 unspecified atom stereocenters. The van der Waals surface area contributed by atoms with E-state index in [1.807, 2.05) is 0 Å². The normalized spacial score (nSPS) is 12.0. The van der Waals surface area contributed by atoms with E-state index in [9.17, 15) is 4.79 Å². The Hall–Kier alpha value is -0.830. The molecule has 0 aromatic rings. The summed E-state index contributed by atoms with van der Waals surface area (Å²) in [6.07, 6.45) is 3.04. The molecule has 0 bridgehead atoms. The van der Waals surface area contributed by atoms with Crippen LogP contribution in [0, 0.1) is 0 Å². The second-order valence-corrected chi connectivity index (χ2v) is 2.80. The van der Waals surface area contributed by atoms with Crippen LogP contribution in [-0.2, 0) is 9.63 Å². The van der Waals surface area contributed by atoms with Gasteiger partial charge in [-0.05, 0) is 6.92 Å². The van der Waals surface area contributed by atoms with Crippen LogP contribution in [0.3, 0.4) is 0 Å². The zero-order chi connectivity index (χ0) is 8.20. The van der Waals surface area contributed by atoms with Gasteiger partial charge in [0, 0.05) is 6.08 Å². The van der Waals surface area contributed by atoms with Crippen molar-refractivity contribution in [3.8, 4) is 0 Å². The van der Waals surface area contributed by atoms with E-state index < -0.39 is 0 Å². The molecule has 0 N–H and O–H groups in total. The molecule has 0 saturated heterocycles. The van der Waals surface area contributed by atoms with Crippen LogP contribution >= 0.6 is 0 Å². The van der Waals surface area contributed by atoms with Gasteiger partial charge >= 0.3 is 5.97 Å². The summed E-state index contributed by atoms with van der Waals surface area (Å²) in [6.45, 7) is 1.77. The molecule has 0 rings (SSSR count). The first kappa shape index (κ1) is 9.17. The minimum atomic E-state index is -0.310. The van der Waals surface area contributed by atoms with E-state index in [4.69, 9.17) is 4.84 Å². The Morgan fingerprint density at radius 3 is 2.20 bits per heavy atom. The molecule has 58 valence electrons. The summed E-state index contributed by atoms with van der Waals surface area (Å²) in [4.78, 5) is 15.6. The topological polar surface area (TPSA) is 26.3 Å². The smallest absolute Gasteiger partial charge is 0.273 e. The van der Waals surface area contributed by atoms with Crippen LogP contribution in [-0.4, -0.2) is 31.8 Å². The van der Waals surface area contributed by atoms with Crippen molar-refractivity contribution in [2.75, 3.05) is 21.1 Å². The van der Waals surface area contributed by atoms with Gasteiger partial charge in [-0.2, -0.15) is 0 Å². The fourth-order valence-electron chi connectivity index (χ4n) is 0.436. The monoisotopic (exact) mass is 144 g/mol. The highest BCUT2D eigenvalue weighted by molar-refractivity contribution is 5.81. The van der Waals surface area contributed by atoms with Crippen molar-refractivity contribution in [2.24, 2.45) is 0 Å². The Morgan fingerprint density at radius 2 is 1.90 bits per heavy atom. The van der Waals surface area contributed by atoms with E-state index in [1.165, 1.54) is 6.08 Å². The summed E-state index contributed by atoms with van der Waals surface area (Å²) in [7, 11) is 5.34. The highest BCUT2D eigenvalue weighted by atomic mass is 16.7. The number of quaternary nitrogens is 1. The van der Waals surface area contributed by atoms with E-state index in [-0.39, 0.29) is 10.6 Å². The van der Waals surface area contributed by atoms with Gasteiger partial charge in [-0.1, -0.05) is 6.08 Å². The van der Waals surface area contributed by atoms with Gasteiger partial charge in [0.15, 0.2) is 0 Å². The standard InChI is InChI=1S/C7H14NO2/c1-5-6-7(9)10-8(2,3)4/h5-6H,1-4H3/q+1. The van der Waals surface area contributed by atoms with Crippen molar-refractivity contribution < 1.29 is 14.3 Å². The van der Waals surface area contributed by atoms with Crippen molar-refractivity contribution in [1.29, 1.82) is 0 Å². The SMILES string of the molecule is CC=CC(=O)O[N+](C)(C)C. The predicted octanol–water partition coefficient (Wildman–Crippen LogP) is 0.727. The Labute approximate surface area is 61.4 Å². The van der Waals surface area contributed by atoms with Crippen molar-refractivity contribution in [3.63, 3.8) is 0 Å². The van der Waals surface area contributed by atoms with Crippen molar-refractivity contribution in [2.45, 2.75) is 6.92 Å². The van der Waals surface area contributed by atoms with Gasteiger partial charge in [0.25, 0.3) is 0 Å². The second-order valence-electron chi connectivity index (χ2n) is 2.80. The first-order valence-corrected chi connectivity index (χ1v) is 3.13. The number of carbonyl (C=O) groups is 1. The molecule has 0 aliphatic rings. The molecule has 0 radical (unpaired) electrons. The van der Waals surface area contributed by atoms with Crippen LogP contribution in [0.25, 0.3) is 0 Å². The first-order chi connectivity index (χ1) is 4.45. The van der Waals surface area contributed by atoms with Gasteiger partial charge in [-0.15, -0.1) is 4.65 Å². The summed E-state index contributed by atoms with van der Waals surface area (Å²) in [5.41, 5.74) is 0. The molecule has 0 heterocycles. The van der Waals surface area contributed by atoms with Gasteiger partial charge in [0.1, 0.15) is 21.1 Å². The van der Waals surface area contributed by atoms with E-state index in [0.29, 0.717) is 0 Å². The number of rotatable bonds is 2. The van der Waals surface area contributed by atoms with E-state index in [0.717, 1.165) is 0 Å². The number of hydrogen-bond acceptors (Lipinski definition) is 2. The van der Waals surface area contributed by atoms with Crippen molar-refractivity contribution in [3.05, 3.63) is 12.2 Å². The zero-order valence-electron chi connectivity index (χ0n) is 6.92. The molecule has 3 nitrogen and oxygen atoms in total. The summed E-state index contributed by atoms with van der Waals surface area (Å²) in [6, 6.07) is 0. The third-order valence-electron chi connectivity index (χ3n) is 0.667. The molecule has 0 aliphatic carbocycles. The fraction of sp³-hybridized carbons (Fsp3) is 0.571. The highest BCUT2D eigenvalue weighted by Crippen LogP contribution is 1.93. The summed E-state index contributed by atoms with van der Waals surface area (Å²) < 4.78 is 0.198. The number of hydrogen-bond donors (Lipinski definition) is 0. The van der Waals surface area contributed by atoms with Gasteiger partial charge < -0.3 is 0 Å². The van der Waals surface area contributed by atoms with Crippen LogP contribution in [0.1, 0.15) is 6.92 Å². The lowest BCUT2D eigenvalue weighted by Crippen LogP contribution is -2.36. The third kappa shape index (κ3) is 5.31. The molecule has 0 aromatic carbocycles. The molecule has 10 heavy (non-hydrogen) atoms. The molecular weight excluding hydrogens is 130 g/mol. The third-order valence-corrected chi connectivity index (χ3v) is 0.667. The number of hydroxylamine groups is 3. The number of carbonyl (C=O) groups excluding carboxylic acids is 1. The Kier molecular flexibility index (Phi) is 3.09. The summed E-state index contributed by atoms with van der Waals surface area (Å²) >= 11 is 0. The van der Waals surface area contributed by atoms with Crippen LogP contribution in [0.15, 0.2) is 12.2 Å². The predicted molar refractivity (Wildman–Crippen MR) is 38.9 cm³/mol. The lowest BCUT2D eigenvalue weighted by atomic mass is 10.5. The Morgan fingerprint density at radius 1 is 1.40 bits per heavy atom. The van der Waals surface area contributed by atoms with Gasteiger partial charge in [0.2, 0.25) is 0 Å². The quantitative estimate of drug-likeness (QED) is 0.324. The molecule has 0 atom stereocenters. The molecule has 0 saturated carbocycles. The molecule has 0 fully saturated rings. The maximum atomic E-state index is 10.7. The van der Waals surface area contributed by atoms with E-state index >= 15 is 0 Å². The average molecular weight is 144 g/mol. The number of nitrogens with zero attached hydrogens (tertiary/aromatic N) is 1. The zero-order valence-corrected chi connectivity index (χ0v) is 6.92. The lowest BCUT2D eigenvalue weighted by Gasteiger charge is -2.18. The highest BCUT2D eigenvalue weighted by Gasteiger charge is 2.11. The maximum Gasteiger partial charge on any atom is 0.389 e. The second kappa shape index (κ2) is 3.37. The minimum Gasteiger partial charge on any atom is -0.273 e. The molecule has 0 amide bonds. The van der Waals surface area contributed by atoms with Crippen LogP contribution in [0.5, 0.6) is 0 Å². The van der Waals surface area contributed by atoms with Crippen molar-refractivity contribution >= 4 is 5.97 Å². The fourth-order valence-corrected chi connectivity index (χ4v) is 0.436. The molecule has 0 spiro atoms. The molecule has 0 aliphatic heterocycles. The summed E-state index contributed by atoms with van der Waals surface area (Å²) in [5, 5.41) is 0. The number of allylic oxidation sites excluding steroid dienone is 1. The van der Waals surface area contributed by atoms with Gasteiger partial charge in [-0.3, -0.25) is 4.84 Å². The molecular formula is C7H14NO2+. The lowest BCUT2D eigenvalue weighted by molar-refractivity contribution is -1.04. The van der Waals surface area contributed by atoms with Crippen LogP contribution in [0.4, 0.5) is 0 Å². The van der Waals surface area contributed by atoms with Crippen molar-refractivity contribution in [1.82, 2.24) is 0 Å². The Balaban J connectivity index is 3.81. The molecule has 3 heteroatoms. The maximum absolute atomic E-state index is 10.7. The summed E-state index contributed by atoms with van der Waals surface area (Å²) in [5.74, 6) is -0.310. The minimum absolute atomic E-state index is 0.198. The van der Waals surface area contributed by atoms with Crippen LogP contribution < -0.4 is 0 Å². The van der Waals surface area contributed by atoms with Gasteiger partial charge in [0.05, 0.1) is 0 Å². The first-order valence-electron chi connectivity index (χ1n) is 3.13. The van der Waals surface area contributed by atoms with E-state index in [2.05, 4.69) is 0 Å². The largest absolute Gasteiger partial charge is 0.389 e. The molecule has 0 aromatic heterocycles. The van der Waals surface area contributed by atoms with Crippen LogP contribution in [0.2, 0.25) is 0 Å².